The predicted molar refractivity (Wildman–Crippen MR) is 72.0 cm³/mol. The summed E-state index contributed by atoms with van der Waals surface area (Å²) in [6.45, 7) is 0.667. The summed E-state index contributed by atoms with van der Waals surface area (Å²) in [6.07, 6.45) is 1.56. The third-order valence-corrected chi connectivity index (χ3v) is 2.95. The fourth-order valence-corrected chi connectivity index (χ4v) is 1.97. The molecule has 0 amide bonds. The number of methoxy groups -OCH3 is 1. The fraction of sp³-hybridized carbons (Fsp3) is 0.250. The maximum Gasteiger partial charge on any atom is 0.127 e. The van der Waals surface area contributed by atoms with Crippen molar-refractivity contribution in [2.75, 3.05) is 13.7 Å². The molecule has 2 rings (SSSR count). The summed E-state index contributed by atoms with van der Waals surface area (Å²) in [7, 11) is 1.66. The molecule has 2 heteroatoms. The van der Waals surface area contributed by atoms with Gasteiger partial charge in [-0.3, -0.25) is 0 Å². The van der Waals surface area contributed by atoms with Gasteiger partial charge in [0.15, 0.2) is 0 Å². The van der Waals surface area contributed by atoms with Gasteiger partial charge in [0, 0.05) is 13.7 Å². The minimum Gasteiger partial charge on any atom is -0.385 e. The predicted octanol–water partition coefficient (Wildman–Crippen LogP) is 4.07. The van der Waals surface area contributed by atoms with Crippen LogP contribution in [-0.2, 0) is 11.2 Å². The summed E-state index contributed by atoms with van der Waals surface area (Å²) in [5.74, 6) is -0.132. The molecule has 0 aliphatic carbocycles. The Morgan fingerprint density at radius 1 is 1.00 bits per heavy atom. The van der Waals surface area contributed by atoms with Crippen LogP contribution >= 0.6 is 0 Å². The first-order valence-electron chi connectivity index (χ1n) is 6.14. The van der Waals surface area contributed by atoms with E-state index < -0.39 is 0 Å². The quantitative estimate of drug-likeness (QED) is 0.720. The second-order valence-electron chi connectivity index (χ2n) is 4.27. The van der Waals surface area contributed by atoms with E-state index in [1.165, 1.54) is 0 Å². The smallest absolute Gasteiger partial charge is 0.127 e. The Morgan fingerprint density at radius 2 is 1.78 bits per heavy atom. The summed E-state index contributed by atoms with van der Waals surface area (Å²) in [6, 6.07) is 15.3. The second kappa shape index (κ2) is 6.31. The number of hydrogen-bond donors (Lipinski definition) is 0. The zero-order valence-corrected chi connectivity index (χ0v) is 10.5. The largest absolute Gasteiger partial charge is 0.385 e. The van der Waals surface area contributed by atoms with Gasteiger partial charge in [0.2, 0.25) is 0 Å². The number of ether oxygens (including phenoxy) is 1. The lowest BCUT2D eigenvalue weighted by Crippen LogP contribution is -1.96. The van der Waals surface area contributed by atoms with E-state index in [-0.39, 0.29) is 5.82 Å². The van der Waals surface area contributed by atoms with Gasteiger partial charge >= 0.3 is 0 Å². The van der Waals surface area contributed by atoms with Crippen LogP contribution in [0.2, 0.25) is 0 Å². The number of benzene rings is 2. The van der Waals surface area contributed by atoms with Crippen molar-refractivity contribution >= 4 is 0 Å². The van der Waals surface area contributed by atoms with Crippen molar-refractivity contribution in [1.29, 1.82) is 0 Å². The summed E-state index contributed by atoms with van der Waals surface area (Å²) in [5.41, 5.74) is 2.72. The molecule has 0 bridgehead atoms. The van der Waals surface area contributed by atoms with Crippen molar-refractivity contribution < 1.29 is 9.13 Å². The summed E-state index contributed by atoms with van der Waals surface area (Å²) in [4.78, 5) is 0. The molecular weight excluding hydrogens is 227 g/mol. The molecule has 1 nitrogen and oxygen atoms in total. The van der Waals surface area contributed by atoms with Crippen LogP contribution in [0.5, 0.6) is 0 Å². The van der Waals surface area contributed by atoms with Crippen LogP contribution in [0.4, 0.5) is 4.39 Å². The molecule has 0 fully saturated rings. The Balaban J connectivity index is 2.15. The van der Waals surface area contributed by atoms with Gasteiger partial charge in [-0.1, -0.05) is 42.5 Å². The molecule has 94 valence electrons. The van der Waals surface area contributed by atoms with E-state index in [0.717, 1.165) is 29.5 Å². The van der Waals surface area contributed by atoms with Gasteiger partial charge in [-0.2, -0.15) is 0 Å². The minimum absolute atomic E-state index is 0.132. The Labute approximate surface area is 107 Å². The van der Waals surface area contributed by atoms with E-state index in [4.69, 9.17) is 4.74 Å². The average Bonchev–Trinajstić information content (AvgIpc) is 2.42. The summed E-state index contributed by atoms with van der Waals surface area (Å²) >= 11 is 0. The SMILES string of the molecule is COCCCc1ccc(-c2ccccc2)cc1F. The second-order valence-corrected chi connectivity index (χ2v) is 4.27. The van der Waals surface area contributed by atoms with Gasteiger partial charge in [0.05, 0.1) is 0 Å². The molecule has 0 unspecified atom stereocenters. The molecule has 2 aromatic carbocycles. The lowest BCUT2D eigenvalue weighted by atomic mass is 10.0. The molecular formula is C16H17FO. The number of rotatable bonds is 5. The first-order valence-corrected chi connectivity index (χ1v) is 6.14. The van der Waals surface area contributed by atoms with E-state index >= 15 is 0 Å². The van der Waals surface area contributed by atoms with Gasteiger partial charge in [-0.25, -0.2) is 4.39 Å². The zero-order valence-electron chi connectivity index (χ0n) is 10.5. The maximum absolute atomic E-state index is 13.9. The molecule has 0 spiro atoms. The van der Waals surface area contributed by atoms with E-state index in [9.17, 15) is 4.39 Å². The van der Waals surface area contributed by atoms with Gasteiger partial charge in [-0.15, -0.1) is 0 Å². The molecule has 0 heterocycles. The molecule has 0 saturated heterocycles. The van der Waals surface area contributed by atoms with Crippen LogP contribution < -0.4 is 0 Å². The van der Waals surface area contributed by atoms with Crippen molar-refractivity contribution in [3.8, 4) is 11.1 Å². The maximum atomic E-state index is 13.9. The highest BCUT2D eigenvalue weighted by Gasteiger charge is 2.04. The molecule has 0 aromatic heterocycles. The van der Waals surface area contributed by atoms with Crippen LogP contribution in [0.25, 0.3) is 11.1 Å². The highest BCUT2D eigenvalue weighted by molar-refractivity contribution is 5.63. The van der Waals surface area contributed by atoms with Crippen molar-refractivity contribution in [3.63, 3.8) is 0 Å². The summed E-state index contributed by atoms with van der Waals surface area (Å²) < 4.78 is 18.9. The lowest BCUT2D eigenvalue weighted by Gasteiger charge is -2.06. The fourth-order valence-electron chi connectivity index (χ4n) is 1.97. The first kappa shape index (κ1) is 12.8. The lowest BCUT2D eigenvalue weighted by molar-refractivity contribution is 0.195. The normalized spacial score (nSPS) is 10.6. The van der Waals surface area contributed by atoms with Gasteiger partial charge < -0.3 is 4.74 Å². The Kier molecular flexibility index (Phi) is 4.48. The van der Waals surface area contributed by atoms with E-state index in [0.29, 0.717) is 6.61 Å². The molecule has 0 N–H and O–H groups in total. The third kappa shape index (κ3) is 3.17. The molecule has 0 radical (unpaired) electrons. The van der Waals surface area contributed by atoms with Gasteiger partial charge in [-0.05, 0) is 35.6 Å². The first-order chi connectivity index (χ1) is 8.81. The molecule has 0 atom stereocenters. The third-order valence-electron chi connectivity index (χ3n) is 2.95. The van der Waals surface area contributed by atoms with Gasteiger partial charge in [0.1, 0.15) is 5.82 Å². The Hall–Kier alpha value is -1.67. The van der Waals surface area contributed by atoms with Crippen LogP contribution in [0.15, 0.2) is 48.5 Å². The topological polar surface area (TPSA) is 9.23 Å². The molecule has 0 aliphatic heterocycles. The van der Waals surface area contributed by atoms with Crippen LogP contribution in [0, 0.1) is 5.82 Å². The Morgan fingerprint density at radius 3 is 2.44 bits per heavy atom. The van der Waals surface area contributed by atoms with Crippen molar-refractivity contribution in [2.24, 2.45) is 0 Å². The minimum atomic E-state index is -0.132. The van der Waals surface area contributed by atoms with Crippen LogP contribution in [0.1, 0.15) is 12.0 Å². The molecule has 0 saturated carbocycles. The van der Waals surface area contributed by atoms with E-state index in [1.54, 1.807) is 13.2 Å². The standard InChI is InChI=1S/C16H17FO/c1-18-11-5-8-14-9-10-15(12-16(14)17)13-6-3-2-4-7-13/h2-4,6-7,9-10,12H,5,8,11H2,1H3. The number of aryl methyl sites for hydroxylation is 1. The molecule has 18 heavy (non-hydrogen) atoms. The number of hydrogen-bond acceptors (Lipinski definition) is 1. The molecule has 2 aromatic rings. The van der Waals surface area contributed by atoms with Crippen molar-refractivity contribution in [3.05, 3.63) is 59.9 Å². The number of halogens is 1. The van der Waals surface area contributed by atoms with Gasteiger partial charge in [0.25, 0.3) is 0 Å². The average molecular weight is 244 g/mol. The molecule has 0 aliphatic rings. The van der Waals surface area contributed by atoms with Crippen LogP contribution in [0.3, 0.4) is 0 Å². The van der Waals surface area contributed by atoms with E-state index in [1.807, 2.05) is 42.5 Å². The zero-order chi connectivity index (χ0) is 12.8. The summed E-state index contributed by atoms with van der Waals surface area (Å²) in [5, 5.41) is 0. The Bertz CT molecular complexity index is 494. The monoisotopic (exact) mass is 244 g/mol. The van der Waals surface area contributed by atoms with Crippen molar-refractivity contribution in [2.45, 2.75) is 12.8 Å². The van der Waals surface area contributed by atoms with Crippen molar-refractivity contribution in [1.82, 2.24) is 0 Å². The highest BCUT2D eigenvalue weighted by Crippen LogP contribution is 2.22. The highest BCUT2D eigenvalue weighted by atomic mass is 19.1. The van der Waals surface area contributed by atoms with E-state index in [2.05, 4.69) is 0 Å². The van der Waals surface area contributed by atoms with Crippen LogP contribution in [-0.4, -0.2) is 13.7 Å².